The maximum atomic E-state index is 5.80. The molecule has 0 atom stereocenters. The van der Waals surface area contributed by atoms with Crippen LogP contribution >= 0.6 is 15.9 Å². The number of halogens is 1. The minimum absolute atomic E-state index is 0.436. The first-order valence-corrected chi connectivity index (χ1v) is 5.24. The molecule has 0 aliphatic rings. The van der Waals surface area contributed by atoms with Crippen LogP contribution in [0.3, 0.4) is 0 Å². The fourth-order valence-corrected chi connectivity index (χ4v) is 1.79. The second-order valence-electron chi connectivity index (χ2n) is 3.18. The quantitative estimate of drug-likeness (QED) is 0.832. The predicted octanol–water partition coefficient (Wildman–Crippen LogP) is 2.68. The van der Waals surface area contributed by atoms with Crippen molar-refractivity contribution in [3.8, 4) is 11.1 Å². The highest BCUT2D eigenvalue weighted by Gasteiger charge is 2.04. The van der Waals surface area contributed by atoms with Crippen LogP contribution in [0, 0.1) is 0 Å². The van der Waals surface area contributed by atoms with Crippen molar-refractivity contribution in [2.75, 3.05) is 11.5 Å². The summed E-state index contributed by atoms with van der Waals surface area (Å²) in [5.74, 6) is 0.888. The van der Waals surface area contributed by atoms with Crippen molar-refractivity contribution in [2.24, 2.45) is 0 Å². The topological polar surface area (TPSA) is 64.9 Å². The number of anilines is 2. The first-order valence-electron chi connectivity index (χ1n) is 4.45. The van der Waals surface area contributed by atoms with E-state index in [1.54, 1.807) is 6.07 Å². The number of nitrogens with zero attached hydrogens (tertiary/aromatic N) is 1. The molecule has 2 aromatic rings. The molecule has 1 aromatic carbocycles. The number of nitrogens with two attached hydrogens (primary N) is 2. The minimum atomic E-state index is 0.436. The lowest BCUT2D eigenvalue weighted by Gasteiger charge is -2.05. The van der Waals surface area contributed by atoms with Crippen molar-refractivity contribution in [3.63, 3.8) is 0 Å². The Balaban J connectivity index is 2.54. The third-order valence-corrected chi connectivity index (χ3v) is 2.58. The standard InChI is InChI=1S/C11H10BrN3/c12-8-3-1-2-7(6-8)9-4-5-10(13)15-11(9)14/h1-6H,(H4,13,14,15). The summed E-state index contributed by atoms with van der Waals surface area (Å²) in [6.45, 7) is 0. The largest absolute Gasteiger partial charge is 0.384 e. The van der Waals surface area contributed by atoms with Gasteiger partial charge in [0.05, 0.1) is 0 Å². The van der Waals surface area contributed by atoms with E-state index in [9.17, 15) is 0 Å². The van der Waals surface area contributed by atoms with Crippen molar-refractivity contribution in [3.05, 3.63) is 40.9 Å². The van der Waals surface area contributed by atoms with Crippen molar-refractivity contribution in [2.45, 2.75) is 0 Å². The van der Waals surface area contributed by atoms with Gasteiger partial charge in [0.15, 0.2) is 0 Å². The summed E-state index contributed by atoms with van der Waals surface area (Å²) < 4.78 is 1.01. The maximum Gasteiger partial charge on any atom is 0.133 e. The molecule has 0 saturated heterocycles. The third-order valence-electron chi connectivity index (χ3n) is 2.08. The fourth-order valence-electron chi connectivity index (χ4n) is 1.39. The average Bonchev–Trinajstić information content (AvgIpc) is 2.17. The molecule has 1 heterocycles. The van der Waals surface area contributed by atoms with E-state index in [-0.39, 0.29) is 0 Å². The van der Waals surface area contributed by atoms with Crippen molar-refractivity contribution >= 4 is 27.6 Å². The molecule has 4 N–H and O–H groups in total. The molecule has 0 aliphatic carbocycles. The molecule has 0 spiro atoms. The Morgan fingerprint density at radius 1 is 1.07 bits per heavy atom. The van der Waals surface area contributed by atoms with Crippen LogP contribution in [0.15, 0.2) is 40.9 Å². The zero-order valence-electron chi connectivity index (χ0n) is 7.94. The molecule has 0 aliphatic heterocycles. The van der Waals surface area contributed by atoms with Crippen LogP contribution in [0.5, 0.6) is 0 Å². The smallest absolute Gasteiger partial charge is 0.133 e. The number of nitrogen functional groups attached to an aromatic ring is 2. The Hall–Kier alpha value is -1.55. The number of rotatable bonds is 1. The second kappa shape index (κ2) is 3.90. The van der Waals surface area contributed by atoms with E-state index in [1.165, 1.54) is 0 Å². The molecule has 4 heteroatoms. The Kier molecular flexibility index (Phi) is 2.60. The fraction of sp³-hybridized carbons (Fsp3) is 0. The van der Waals surface area contributed by atoms with Gasteiger partial charge in [0.25, 0.3) is 0 Å². The Bertz CT molecular complexity index is 497. The van der Waals surface area contributed by atoms with Gasteiger partial charge in [0, 0.05) is 10.0 Å². The van der Waals surface area contributed by atoms with Gasteiger partial charge in [-0.25, -0.2) is 4.98 Å². The molecule has 76 valence electrons. The van der Waals surface area contributed by atoms with Crippen LogP contribution in [0.4, 0.5) is 11.6 Å². The summed E-state index contributed by atoms with van der Waals surface area (Å²) in [6, 6.07) is 11.5. The Morgan fingerprint density at radius 3 is 2.53 bits per heavy atom. The van der Waals surface area contributed by atoms with Gasteiger partial charge in [0.2, 0.25) is 0 Å². The third kappa shape index (κ3) is 2.10. The molecule has 0 unspecified atom stereocenters. The molecule has 15 heavy (non-hydrogen) atoms. The summed E-state index contributed by atoms with van der Waals surface area (Å²) >= 11 is 3.41. The Morgan fingerprint density at radius 2 is 1.87 bits per heavy atom. The van der Waals surface area contributed by atoms with Gasteiger partial charge in [-0.05, 0) is 29.8 Å². The van der Waals surface area contributed by atoms with Crippen LogP contribution in [0.1, 0.15) is 0 Å². The van der Waals surface area contributed by atoms with Crippen LogP contribution in [0.2, 0.25) is 0 Å². The van der Waals surface area contributed by atoms with Crippen LogP contribution in [-0.2, 0) is 0 Å². The first kappa shape index (κ1) is 9.98. The molecular formula is C11H10BrN3. The molecule has 1 aromatic heterocycles. The van der Waals surface area contributed by atoms with Gasteiger partial charge in [0.1, 0.15) is 11.6 Å². The lowest BCUT2D eigenvalue weighted by atomic mass is 10.1. The van der Waals surface area contributed by atoms with E-state index in [2.05, 4.69) is 20.9 Å². The van der Waals surface area contributed by atoms with Gasteiger partial charge >= 0.3 is 0 Å². The monoisotopic (exact) mass is 263 g/mol. The molecule has 2 rings (SSSR count). The summed E-state index contributed by atoms with van der Waals surface area (Å²) in [5.41, 5.74) is 13.2. The molecule has 0 radical (unpaired) electrons. The zero-order chi connectivity index (χ0) is 10.8. The van der Waals surface area contributed by atoms with Crippen LogP contribution in [0.25, 0.3) is 11.1 Å². The molecule has 3 nitrogen and oxygen atoms in total. The average molecular weight is 264 g/mol. The highest BCUT2D eigenvalue weighted by Crippen LogP contribution is 2.27. The van der Waals surface area contributed by atoms with Crippen molar-refractivity contribution in [1.29, 1.82) is 0 Å². The second-order valence-corrected chi connectivity index (χ2v) is 4.09. The normalized spacial score (nSPS) is 10.2. The molecular weight excluding hydrogens is 254 g/mol. The summed E-state index contributed by atoms with van der Waals surface area (Å²) in [4.78, 5) is 4.02. The van der Waals surface area contributed by atoms with E-state index in [1.807, 2.05) is 30.3 Å². The number of aromatic nitrogens is 1. The SMILES string of the molecule is Nc1ccc(-c2cccc(Br)c2)c(N)n1. The van der Waals surface area contributed by atoms with E-state index in [4.69, 9.17) is 11.5 Å². The minimum Gasteiger partial charge on any atom is -0.384 e. The highest BCUT2D eigenvalue weighted by atomic mass is 79.9. The highest BCUT2D eigenvalue weighted by molar-refractivity contribution is 9.10. The Labute approximate surface area is 96.3 Å². The van der Waals surface area contributed by atoms with Gasteiger partial charge in [-0.1, -0.05) is 28.1 Å². The molecule has 0 saturated carbocycles. The van der Waals surface area contributed by atoms with Gasteiger partial charge in [-0.15, -0.1) is 0 Å². The molecule has 0 bridgehead atoms. The van der Waals surface area contributed by atoms with Gasteiger partial charge in [-0.3, -0.25) is 0 Å². The number of benzene rings is 1. The number of hydrogen-bond donors (Lipinski definition) is 2. The molecule has 0 amide bonds. The maximum absolute atomic E-state index is 5.80. The lowest BCUT2D eigenvalue weighted by molar-refractivity contribution is 1.34. The van der Waals surface area contributed by atoms with Crippen LogP contribution < -0.4 is 11.5 Å². The number of hydrogen-bond acceptors (Lipinski definition) is 3. The van der Waals surface area contributed by atoms with Gasteiger partial charge in [-0.2, -0.15) is 0 Å². The van der Waals surface area contributed by atoms with E-state index >= 15 is 0 Å². The molecule has 0 fully saturated rings. The van der Waals surface area contributed by atoms with Crippen molar-refractivity contribution in [1.82, 2.24) is 4.98 Å². The predicted molar refractivity (Wildman–Crippen MR) is 66.2 cm³/mol. The van der Waals surface area contributed by atoms with E-state index in [0.29, 0.717) is 11.6 Å². The first-order chi connectivity index (χ1) is 7.16. The van der Waals surface area contributed by atoms with E-state index in [0.717, 1.165) is 15.6 Å². The summed E-state index contributed by atoms with van der Waals surface area (Å²) in [6.07, 6.45) is 0. The van der Waals surface area contributed by atoms with Crippen molar-refractivity contribution < 1.29 is 0 Å². The van der Waals surface area contributed by atoms with Gasteiger partial charge < -0.3 is 11.5 Å². The van der Waals surface area contributed by atoms with Crippen LogP contribution in [-0.4, -0.2) is 4.98 Å². The summed E-state index contributed by atoms with van der Waals surface area (Å²) in [7, 11) is 0. The van der Waals surface area contributed by atoms with E-state index < -0.39 is 0 Å². The number of pyridine rings is 1. The summed E-state index contributed by atoms with van der Waals surface area (Å²) in [5, 5.41) is 0. The lowest BCUT2D eigenvalue weighted by Crippen LogP contribution is -1.97. The zero-order valence-corrected chi connectivity index (χ0v) is 9.53.